The Bertz CT molecular complexity index is 1200. The number of rotatable bonds is 10. The number of nitrogens with zero attached hydrogens (tertiary/aromatic N) is 4. The van der Waals surface area contributed by atoms with Crippen LogP contribution in [0.2, 0.25) is 0 Å². The second-order valence-corrected chi connectivity index (χ2v) is 10.5. The van der Waals surface area contributed by atoms with Crippen LogP contribution in [0.1, 0.15) is 56.6 Å². The number of piperidine rings is 1. The van der Waals surface area contributed by atoms with Gasteiger partial charge in [-0.2, -0.15) is 0 Å². The van der Waals surface area contributed by atoms with Crippen LogP contribution >= 0.6 is 11.9 Å². The maximum Gasteiger partial charge on any atom is 0.321 e. The second-order valence-electron chi connectivity index (χ2n) is 9.84. The highest BCUT2D eigenvalue weighted by atomic mass is 32.2. The Hall–Kier alpha value is -3.11. The number of urea groups is 1. The lowest BCUT2D eigenvalue weighted by Gasteiger charge is -2.32. The summed E-state index contributed by atoms with van der Waals surface area (Å²) in [5.74, 6) is 1.72. The zero-order chi connectivity index (χ0) is 26.2. The van der Waals surface area contributed by atoms with Gasteiger partial charge < -0.3 is 19.7 Å². The lowest BCUT2D eigenvalue weighted by molar-refractivity contribution is 0.194. The molecule has 5 rings (SSSR count). The number of nitrogens with one attached hydrogen (secondary N) is 2. The molecule has 0 radical (unpaired) electrons. The third-order valence-electron chi connectivity index (χ3n) is 7.22. The Morgan fingerprint density at radius 1 is 1.08 bits per heavy atom. The summed E-state index contributed by atoms with van der Waals surface area (Å²) in [6.45, 7) is 2.91. The lowest BCUT2D eigenvalue weighted by Crippen LogP contribution is -2.40. The standard InChI is InChI=1S/C28H36N6O3S/c1-38-32-13-4-16-36-23-8-9-24-25(17-23)30-19-31-27(24)20-11-14-34(15-12-20)28(35)33-21-7-10-26(29-18-21)37-22-5-2-3-6-22/h7-10,17-20,22,32H,2-6,11-16H2,1H3,(H,33,35). The van der Waals surface area contributed by atoms with Crippen LogP contribution in [0.15, 0.2) is 42.9 Å². The largest absolute Gasteiger partial charge is 0.493 e. The first kappa shape index (κ1) is 26.5. The van der Waals surface area contributed by atoms with E-state index in [9.17, 15) is 4.79 Å². The van der Waals surface area contributed by atoms with Crippen LogP contribution in [0.25, 0.3) is 10.9 Å². The molecule has 0 unspecified atom stereocenters. The first-order valence-corrected chi connectivity index (χ1v) is 14.7. The van der Waals surface area contributed by atoms with Crippen LogP contribution in [-0.4, -0.2) is 64.5 Å². The topological polar surface area (TPSA) is 102 Å². The molecule has 9 nitrogen and oxygen atoms in total. The van der Waals surface area contributed by atoms with Gasteiger partial charge in [-0.15, -0.1) is 0 Å². The van der Waals surface area contributed by atoms with Crippen molar-refractivity contribution in [3.05, 3.63) is 48.5 Å². The fraction of sp³-hybridized carbons (Fsp3) is 0.500. The molecular formula is C28H36N6O3S. The van der Waals surface area contributed by atoms with Crippen LogP contribution in [0.3, 0.4) is 0 Å². The van der Waals surface area contributed by atoms with E-state index < -0.39 is 0 Å². The van der Waals surface area contributed by atoms with Crippen molar-refractivity contribution in [1.29, 1.82) is 0 Å². The highest BCUT2D eigenvalue weighted by Crippen LogP contribution is 2.32. The van der Waals surface area contributed by atoms with Crippen molar-refractivity contribution in [3.8, 4) is 11.6 Å². The summed E-state index contributed by atoms with van der Waals surface area (Å²) >= 11 is 1.62. The number of ether oxygens (including phenoxy) is 2. The van der Waals surface area contributed by atoms with E-state index in [1.807, 2.05) is 35.4 Å². The van der Waals surface area contributed by atoms with Crippen LogP contribution in [0, 0.1) is 0 Å². The molecule has 3 aromatic rings. The molecule has 1 saturated heterocycles. The molecule has 2 aromatic heterocycles. The highest BCUT2D eigenvalue weighted by Gasteiger charge is 2.26. The van der Waals surface area contributed by atoms with Gasteiger partial charge in [0, 0.05) is 43.1 Å². The number of hydrogen-bond donors (Lipinski definition) is 2. The number of likely N-dealkylation sites (tertiary alicyclic amines) is 1. The first-order chi connectivity index (χ1) is 18.7. The van der Waals surface area contributed by atoms with Crippen LogP contribution in [-0.2, 0) is 0 Å². The molecule has 0 atom stereocenters. The quantitative estimate of drug-likeness (QED) is 0.263. The molecule has 202 valence electrons. The number of carbonyl (C=O) groups excluding carboxylic acids is 1. The first-order valence-electron chi connectivity index (χ1n) is 13.5. The van der Waals surface area contributed by atoms with Crippen molar-refractivity contribution >= 4 is 34.6 Å². The van der Waals surface area contributed by atoms with E-state index in [0.29, 0.717) is 31.3 Å². The molecular weight excluding hydrogens is 500 g/mol. The van der Waals surface area contributed by atoms with Gasteiger partial charge in [-0.25, -0.2) is 19.7 Å². The van der Waals surface area contributed by atoms with Gasteiger partial charge in [-0.05, 0) is 69.4 Å². The van der Waals surface area contributed by atoms with Gasteiger partial charge in [0.05, 0.1) is 29.7 Å². The third kappa shape index (κ3) is 6.85. The number of fused-ring (bicyclic) bond motifs is 1. The highest BCUT2D eigenvalue weighted by molar-refractivity contribution is 7.96. The molecule has 2 N–H and O–H groups in total. The Kier molecular flexibility index (Phi) is 9.14. The van der Waals surface area contributed by atoms with E-state index in [4.69, 9.17) is 9.47 Å². The summed E-state index contributed by atoms with van der Waals surface area (Å²) in [6, 6.07) is 9.64. The Morgan fingerprint density at radius 3 is 2.68 bits per heavy atom. The molecule has 0 spiro atoms. The minimum Gasteiger partial charge on any atom is -0.493 e. The monoisotopic (exact) mass is 536 g/mol. The molecule has 10 heteroatoms. The predicted octanol–water partition coefficient (Wildman–Crippen LogP) is 5.39. The zero-order valence-electron chi connectivity index (χ0n) is 21.9. The van der Waals surface area contributed by atoms with Gasteiger partial charge in [-0.1, -0.05) is 11.9 Å². The summed E-state index contributed by atoms with van der Waals surface area (Å²) in [5, 5.41) is 4.03. The molecule has 38 heavy (non-hydrogen) atoms. The SMILES string of the molecule is CSNCCCOc1ccc2c(C3CCN(C(=O)Nc4ccc(OC5CCCC5)nc4)CC3)ncnc2c1. The molecule has 2 amide bonds. The van der Waals surface area contributed by atoms with Crippen molar-refractivity contribution in [2.45, 2.75) is 57.0 Å². The third-order valence-corrected chi connectivity index (χ3v) is 7.71. The lowest BCUT2D eigenvalue weighted by atomic mass is 9.91. The Labute approximate surface area is 228 Å². The van der Waals surface area contributed by atoms with E-state index in [0.717, 1.165) is 61.0 Å². The number of aromatic nitrogens is 3. The fourth-order valence-electron chi connectivity index (χ4n) is 5.17. The Balaban J connectivity index is 1.13. The number of pyridine rings is 1. The van der Waals surface area contributed by atoms with Crippen LogP contribution in [0.5, 0.6) is 11.6 Å². The number of hydrogen-bond acceptors (Lipinski definition) is 8. The average Bonchev–Trinajstić information content (AvgIpc) is 3.47. The minimum atomic E-state index is -0.100. The minimum absolute atomic E-state index is 0.100. The molecule has 1 saturated carbocycles. The van der Waals surface area contributed by atoms with Crippen molar-refractivity contribution in [3.63, 3.8) is 0 Å². The van der Waals surface area contributed by atoms with Gasteiger partial charge in [-0.3, -0.25) is 4.72 Å². The maximum absolute atomic E-state index is 12.9. The molecule has 2 aliphatic rings. The summed E-state index contributed by atoms with van der Waals surface area (Å²) in [5.41, 5.74) is 2.62. The molecule has 0 bridgehead atoms. The normalized spacial score (nSPS) is 16.6. The molecule has 2 fully saturated rings. The number of benzene rings is 1. The summed E-state index contributed by atoms with van der Waals surface area (Å²) in [6.07, 6.45) is 12.9. The van der Waals surface area contributed by atoms with E-state index >= 15 is 0 Å². The number of anilines is 1. The smallest absolute Gasteiger partial charge is 0.321 e. The average molecular weight is 537 g/mol. The predicted molar refractivity (Wildman–Crippen MR) is 151 cm³/mol. The fourth-order valence-corrected chi connectivity index (χ4v) is 5.52. The molecule has 1 aliphatic carbocycles. The van der Waals surface area contributed by atoms with Crippen LogP contribution in [0.4, 0.5) is 10.5 Å². The maximum atomic E-state index is 12.9. The van der Waals surface area contributed by atoms with Crippen molar-refractivity contribution in [1.82, 2.24) is 24.6 Å². The summed E-state index contributed by atoms with van der Waals surface area (Å²) in [7, 11) is 0. The van der Waals surface area contributed by atoms with Gasteiger partial charge in [0.25, 0.3) is 0 Å². The van der Waals surface area contributed by atoms with Crippen molar-refractivity contribution < 1.29 is 14.3 Å². The second kappa shape index (κ2) is 13.1. The zero-order valence-corrected chi connectivity index (χ0v) is 22.7. The number of amides is 2. The van der Waals surface area contributed by atoms with Crippen molar-refractivity contribution in [2.24, 2.45) is 0 Å². The van der Waals surface area contributed by atoms with Crippen LogP contribution < -0.4 is 19.5 Å². The molecule has 1 aromatic carbocycles. The van der Waals surface area contributed by atoms with E-state index in [-0.39, 0.29) is 18.1 Å². The van der Waals surface area contributed by atoms with Crippen molar-refractivity contribution in [2.75, 3.05) is 37.8 Å². The number of carbonyl (C=O) groups is 1. The Morgan fingerprint density at radius 2 is 1.92 bits per heavy atom. The van der Waals surface area contributed by atoms with Gasteiger partial charge >= 0.3 is 6.03 Å². The van der Waals surface area contributed by atoms with E-state index in [2.05, 4.69) is 31.1 Å². The van der Waals surface area contributed by atoms with E-state index in [1.165, 1.54) is 12.8 Å². The molecule has 1 aliphatic heterocycles. The summed E-state index contributed by atoms with van der Waals surface area (Å²) < 4.78 is 15.0. The van der Waals surface area contributed by atoms with Gasteiger partial charge in [0.2, 0.25) is 5.88 Å². The molecule has 3 heterocycles. The van der Waals surface area contributed by atoms with E-state index in [1.54, 1.807) is 24.5 Å². The summed E-state index contributed by atoms with van der Waals surface area (Å²) in [4.78, 5) is 28.2. The van der Waals surface area contributed by atoms with Gasteiger partial charge in [0.15, 0.2) is 0 Å². The van der Waals surface area contributed by atoms with Gasteiger partial charge in [0.1, 0.15) is 18.2 Å².